The number of nitro groups is 2. The van der Waals surface area contributed by atoms with Crippen LogP contribution in [0.5, 0.6) is 0 Å². The molecule has 0 aliphatic rings. The Bertz CT molecular complexity index is 721. The summed E-state index contributed by atoms with van der Waals surface area (Å²) in [4.78, 5) is 20.7. The molecule has 0 radical (unpaired) electrons. The molecular formula is C13H14N4O4. The predicted octanol–water partition coefficient (Wildman–Crippen LogP) is 3.12. The fraction of sp³-hybridized carbons (Fsp3) is 0.308. The first kappa shape index (κ1) is 14.6. The van der Waals surface area contributed by atoms with Crippen LogP contribution in [0.3, 0.4) is 0 Å². The third-order valence-electron chi connectivity index (χ3n) is 3.05. The van der Waals surface area contributed by atoms with Gasteiger partial charge in [0.2, 0.25) is 0 Å². The summed E-state index contributed by atoms with van der Waals surface area (Å²) in [5, 5.41) is 26.2. The zero-order valence-corrected chi connectivity index (χ0v) is 11.8. The van der Waals surface area contributed by atoms with Crippen LogP contribution in [0.4, 0.5) is 11.4 Å². The van der Waals surface area contributed by atoms with Crippen molar-refractivity contribution in [3.05, 3.63) is 55.9 Å². The number of nitro benzene ring substituents is 2. The Labute approximate surface area is 120 Å². The van der Waals surface area contributed by atoms with Crippen molar-refractivity contribution in [2.75, 3.05) is 0 Å². The highest BCUT2D eigenvalue weighted by Gasteiger charge is 2.23. The van der Waals surface area contributed by atoms with Crippen LogP contribution >= 0.6 is 0 Å². The minimum Gasteiger partial charge on any atom is -0.258 e. The minimum absolute atomic E-state index is 0.112. The van der Waals surface area contributed by atoms with Crippen LogP contribution in [0.1, 0.15) is 31.2 Å². The molecule has 21 heavy (non-hydrogen) atoms. The monoisotopic (exact) mass is 290 g/mol. The highest BCUT2D eigenvalue weighted by Crippen LogP contribution is 2.30. The number of hydrogen-bond donors (Lipinski definition) is 0. The zero-order valence-electron chi connectivity index (χ0n) is 11.8. The molecule has 0 saturated carbocycles. The lowest BCUT2D eigenvalue weighted by Gasteiger charge is -2.10. The number of nitrogens with zero attached hydrogens (tertiary/aromatic N) is 4. The third kappa shape index (κ3) is 2.73. The van der Waals surface area contributed by atoms with Gasteiger partial charge in [-0.15, -0.1) is 0 Å². The van der Waals surface area contributed by atoms with Gasteiger partial charge in [0.05, 0.1) is 21.6 Å². The second-order valence-corrected chi connectivity index (χ2v) is 4.96. The van der Waals surface area contributed by atoms with Crippen LogP contribution in [0.2, 0.25) is 0 Å². The lowest BCUT2D eigenvalue weighted by Crippen LogP contribution is -2.07. The van der Waals surface area contributed by atoms with E-state index in [1.807, 2.05) is 19.9 Å². The van der Waals surface area contributed by atoms with Crippen molar-refractivity contribution in [1.29, 1.82) is 0 Å². The van der Waals surface area contributed by atoms with E-state index in [4.69, 9.17) is 0 Å². The van der Waals surface area contributed by atoms with E-state index >= 15 is 0 Å². The van der Waals surface area contributed by atoms with Gasteiger partial charge in [-0.25, -0.2) is 4.68 Å². The minimum atomic E-state index is -0.658. The van der Waals surface area contributed by atoms with Crippen LogP contribution < -0.4 is 0 Å². The summed E-state index contributed by atoms with van der Waals surface area (Å²) in [5.41, 5.74) is 1.10. The summed E-state index contributed by atoms with van der Waals surface area (Å²) in [6.07, 6.45) is 0. The van der Waals surface area contributed by atoms with E-state index in [9.17, 15) is 20.2 Å². The Hall–Kier alpha value is -2.77. The number of benzene rings is 1. The Morgan fingerprint density at radius 2 is 1.81 bits per heavy atom. The molecule has 0 aliphatic carbocycles. The van der Waals surface area contributed by atoms with Crippen molar-refractivity contribution in [2.24, 2.45) is 0 Å². The van der Waals surface area contributed by atoms with Crippen molar-refractivity contribution in [3.63, 3.8) is 0 Å². The topological polar surface area (TPSA) is 104 Å². The van der Waals surface area contributed by atoms with Gasteiger partial charge in [0, 0.05) is 11.8 Å². The number of aromatic nitrogens is 2. The van der Waals surface area contributed by atoms with Crippen LogP contribution in [0.15, 0.2) is 24.3 Å². The SMILES string of the molecule is Cc1cc(C(C)C)n(-c2ccc([N+](=O)[O-])cc2[N+](=O)[O-])n1. The van der Waals surface area contributed by atoms with E-state index in [1.165, 1.54) is 16.8 Å². The average Bonchev–Trinajstić information content (AvgIpc) is 2.80. The molecule has 110 valence electrons. The molecule has 0 aliphatic heterocycles. The van der Waals surface area contributed by atoms with Crippen molar-refractivity contribution in [3.8, 4) is 5.69 Å². The Morgan fingerprint density at radius 1 is 1.14 bits per heavy atom. The average molecular weight is 290 g/mol. The molecule has 2 aromatic rings. The van der Waals surface area contributed by atoms with Gasteiger partial charge in [0.25, 0.3) is 5.69 Å². The molecule has 1 heterocycles. The molecule has 0 unspecified atom stereocenters. The van der Waals surface area contributed by atoms with E-state index in [0.717, 1.165) is 17.5 Å². The summed E-state index contributed by atoms with van der Waals surface area (Å²) in [7, 11) is 0. The van der Waals surface area contributed by atoms with Gasteiger partial charge in [0.1, 0.15) is 5.69 Å². The number of hydrogen-bond acceptors (Lipinski definition) is 5. The van der Waals surface area contributed by atoms with E-state index in [1.54, 1.807) is 6.92 Å². The van der Waals surface area contributed by atoms with Gasteiger partial charge in [0.15, 0.2) is 0 Å². The molecular weight excluding hydrogens is 276 g/mol. The molecule has 1 aromatic heterocycles. The van der Waals surface area contributed by atoms with Gasteiger partial charge in [-0.1, -0.05) is 13.8 Å². The Balaban J connectivity index is 2.69. The first-order chi connectivity index (χ1) is 9.81. The molecule has 0 bridgehead atoms. The summed E-state index contributed by atoms with van der Waals surface area (Å²) in [6.45, 7) is 5.69. The molecule has 0 atom stereocenters. The number of rotatable bonds is 4. The van der Waals surface area contributed by atoms with Gasteiger partial charge in [-0.3, -0.25) is 20.2 Å². The maximum atomic E-state index is 11.2. The van der Waals surface area contributed by atoms with Crippen molar-refractivity contribution in [2.45, 2.75) is 26.7 Å². The van der Waals surface area contributed by atoms with Crippen LogP contribution in [-0.4, -0.2) is 19.6 Å². The molecule has 0 fully saturated rings. The normalized spacial score (nSPS) is 10.9. The summed E-state index contributed by atoms with van der Waals surface area (Å²) in [6, 6.07) is 5.39. The molecule has 8 nitrogen and oxygen atoms in total. The lowest BCUT2D eigenvalue weighted by atomic mass is 10.1. The van der Waals surface area contributed by atoms with Crippen LogP contribution in [0.25, 0.3) is 5.69 Å². The Kier molecular flexibility index (Phi) is 3.70. The van der Waals surface area contributed by atoms with Gasteiger partial charge in [-0.05, 0) is 25.0 Å². The van der Waals surface area contributed by atoms with E-state index in [-0.39, 0.29) is 23.0 Å². The second-order valence-electron chi connectivity index (χ2n) is 4.96. The first-order valence-corrected chi connectivity index (χ1v) is 6.31. The predicted molar refractivity (Wildman–Crippen MR) is 75.7 cm³/mol. The molecule has 8 heteroatoms. The van der Waals surface area contributed by atoms with Crippen LogP contribution in [-0.2, 0) is 0 Å². The maximum Gasteiger partial charge on any atom is 0.301 e. The summed E-state index contributed by atoms with van der Waals surface area (Å²) < 4.78 is 1.47. The van der Waals surface area contributed by atoms with Crippen molar-refractivity contribution in [1.82, 2.24) is 9.78 Å². The lowest BCUT2D eigenvalue weighted by molar-refractivity contribution is -0.394. The van der Waals surface area contributed by atoms with Gasteiger partial charge >= 0.3 is 5.69 Å². The van der Waals surface area contributed by atoms with E-state index < -0.39 is 9.85 Å². The van der Waals surface area contributed by atoms with Gasteiger partial charge < -0.3 is 0 Å². The van der Waals surface area contributed by atoms with Crippen LogP contribution in [0, 0.1) is 27.2 Å². The molecule has 0 N–H and O–H groups in total. The molecule has 0 saturated heterocycles. The summed E-state index contributed by atoms with van der Waals surface area (Å²) in [5.74, 6) is 0.112. The smallest absolute Gasteiger partial charge is 0.258 e. The largest absolute Gasteiger partial charge is 0.301 e. The molecule has 0 amide bonds. The van der Waals surface area contributed by atoms with Gasteiger partial charge in [-0.2, -0.15) is 5.10 Å². The van der Waals surface area contributed by atoms with Crippen molar-refractivity contribution < 1.29 is 9.85 Å². The van der Waals surface area contributed by atoms with Crippen molar-refractivity contribution >= 4 is 11.4 Å². The highest BCUT2D eigenvalue weighted by molar-refractivity contribution is 5.58. The first-order valence-electron chi connectivity index (χ1n) is 6.31. The highest BCUT2D eigenvalue weighted by atomic mass is 16.6. The van der Waals surface area contributed by atoms with E-state index in [2.05, 4.69) is 5.10 Å². The molecule has 1 aromatic carbocycles. The quantitative estimate of drug-likeness (QED) is 0.635. The Morgan fingerprint density at radius 3 is 2.33 bits per heavy atom. The maximum absolute atomic E-state index is 11.2. The number of aryl methyl sites for hydroxylation is 1. The fourth-order valence-corrected chi connectivity index (χ4v) is 2.07. The molecule has 2 rings (SSSR count). The summed E-state index contributed by atoms with van der Waals surface area (Å²) >= 11 is 0. The number of non-ortho nitro benzene ring substituents is 1. The second kappa shape index (κ2) is 5.31. The third-order valence-corrected chi connectivity index (χ3v) is 3.05. The standard InChI is InChI=1S/C13H14N4O4/c1-8(2)12-6-9(3)14-15(12)11-5-4-10(16(18)19)7-13(11)17(20)21/h4-8H,1-3H3. The fourth-order valence-electron chi connectivity index (χ4n) is 2.07. The van der Waals surface area contributed by atoms with E-state index in [0.29, 0.717) is 0 Å². The zero-order chi connectivity index (χ0) is 15.7. The molecule has 0 spiro atoms.